The lowest BCUT2D eigenvalue weighted by molar-refractivity contribution is 0.0879. The van der Waals surface area contributed by atoms with Crippen LogP contribution in [0.3, 0.4) is 0 Å². The molecule has 1 atom stereocenters. The van der Waals surface area contributed by atoms with Gasteiger partial charge in [0.2, 0.25) is 20.0 Å². The number of rotatable bonds is 5. The fourth-order valence-electron chi connectivity index (χ4n) is 2.83. The van der Waals surface area contributed by atoms with Crippen molar-refractivity contribution in [3.05, 3.63) is 59.2 Å². The Bertz CT molecular complexity index is 1190. The normalized spacial score (nSPS) is 15.4. The molecule has 0 saturated heterocycles. The van der Waals surface area contributed by atoms with Gasteiger partial charge in [-0.3, -0.25) is 14.9 Å². The van der Waals surface area contributed by atoms with Crippen LogP contribution in [-0.4, -0.2) is 40.0 Å². The van der Waals surface area contributed by atoms with Gasteiger partial charge in [0.25, 0.3) is 11.8 Å². The van der Waals surface area contributed by atoms with Gasteiger partial charge in [0, 0.05) is 13.1 Å². The highest BCUT2D eigenvalue weighted by Crippen LogP contribution is 2.28. The molecule has 0 radical (unpaired) electrons. The Balaban J connectivity index is 1.93. The van der Waals surface area contributed by atoms with Gasteiger partial charge in [0.05, 0.1) is 20.9 Å². The molecule has 2 aromatic carbocycles. The van der Waals surface area contributed by atoms with Crippen molar-refractivity contribution < 1.29 is 26.4 Å². The van der Waals surface area contributed by atoms with Crippen molar-refractivity contribution in [1.82, 2.24) is 9.62 Å². The molecule has 1 aliphatic rings. The van der Waals surface area contributed by atoms with Gasteiger partial charge in [0.15, 0.2) is 0 Å². The summed E-state index contributed by atoms with van der Waals surface area (Å²) in [4.78, 5) is 23.2. The second kappa shape index (κ2) is 6.78. The molecule has 148 valence electrons. The van der Waals surface area contributed by atoms with Crippen LogP contribution in [0.1, 0.15) is 39.2 Å². The number of nitrogens with one attached hydrogen (secondary N) is 1. The Morgan fingerprint density at radius 2 is 1.43 bits per heavy atom. The average molecular weight is 423 g/mol. The minimum atomic E-state index is -3.99. The van der Waals surface area contributed by atoms with Gasteiger partial charge >= 0.3 is 0 Å². The number of fused-ring (bicyclic) bond motifs is 1. The third kappa shape index (κ3) is 3.44. The predicted molar refractivity (Wildman–Crippen MR) is 99.4 cm³/mol. The van der Waals surface area contributed by atoms with E-state index in [9.17, 15) is 26.4 Å². The third-order valence-electron chi connectivity index (χ3n) is 4.62. The van der Waals surface area contributed by atoms with Gasteiger partial charge in [-0.05, 0) is 42.8 Å². The van der Waals surface area contributed by atoms with E-state index >= 15 is 0 Å². The highest BCUT2D eigenvalue weighted by atomic mass is 32.2. The van der Waals surface area contributed by atoms with E-state index in [-0.39, 0.29) is 20.9 Å². The quantitative estimate of drug-likeness (QED) is 0.674. The summed E-state index contributed by atoms with van der Waals surface area (Å²) in [6, 6.07) is 8.64. The Kier molecular flexibility index (Phi) is 4.88. The van der Waals surface area contributed by atoms with Crippen LogP contribution < -0.4 is 10.5 Å². The monoisotopic (exact) mass is 423 g/mol. The summed E-state index contributed by atoms with van der Waals surface area (Å²) in [5.41, 5.74) is 0.676. The molecule has 3 N–H and O–H groups in total. The molecule has 28 heavy (non-hydrogen) atoms. The molecule has 9 nitrogen and oxygen atoms in total. The maximum absolute atomic E-state index is 13.0. The number of sulfonamides is 2. The molecule has 2 aromatic rings. The maximum atomic E-state index is 13.0. The summed E-state index contributed by atoms with van der Waals surface area (Å²) in [6.45, 7) is 1.63. The lowest BCUT2D eigenvalue weighted by Gasteiger charge is -2.25. The van der Waals surface area contributed by atoms with Crippen molar-refractivity contribution in [2.24, 2.45) is 5.14 Å². The van der Waals surface area contributed by atoms with Crippen molar-refractivity contribution in [2.45, 2.75) is 22.8 Å². The Morgan fingerprint density at radius 1 is 0.893 bits per heavy atom. The minimum Gasteiger partial charge on any atom is -0.288 e. The first-order valence-corrected chi connectivity index (χ1v) is 11.0. The second-order valence-corrected chi connectivity index (χ2v) is 9.86. The summed E-state index contributed by atoms with van der Waals surface area (Å²) >= 11 is 0. The van der Waals surface area contributed by atoms with Crippen LogP contribution in [0, 0.1) is 0 Å². The zero-order valence-corrected chi connectivity index (χ0v) is 16.5. The number of hydrogen-bond acceptors (Lipinski definition) is 6. The molecule has 1 aliphatic heterocycles. The summed E-state index contributed by atoms with van der Waals surface area (Å²) < 4.78 is 49.7. The van der Waals surface area contributed by atoms with Crippen molar-refractivity contribution >= 4 is 31.9 Å². The first-order valence-electron chi connectivity index (χ1n) is 8.03. The lowest BCUT2D eigenvalue weighted by Crippen LogP contribution is -2.30. The van der Waals surface area contributed by atoms with Crippen LogP contribution in [0.2, 0.25) is 0 Å². The maximum Gasteiger partial charge on any atom is 0.258 e. The third-order valence-corrected chi connectivity index (χ3v) is 7.47. The molecule has 0 saturated carbocycles. The number of primary sulfonamides is 1. The highest BCUT2D eigenvalue weighted by molar-refractivity contribution is 7.89. The smallest absolute Gasteiger partial charge is 0.258 e. The van der Waals surface area contributed by atoms with Crippen LogP contribution in [0.15, 0.2) is 52.3 Å². The van der Waals surface area contributed by atoms with E-state index in [2.05, 4.69) is 5.32 Å². The standard InChI is InChI=1S/C17H17N3O6S2/c1-10(11-3-5-12(6-4-11)27(18,23)24)20(2)28(25,26)13-7-8-14-15(9-13)17(22)19-16(14)21/h3-10H,1-2H3,(H2,18,23,24)(H,19,21,22). The van der Waals surface area contributed by atoms with Crippen molar-refractivity contribution in [3.8, 4) is 0 Å². The largest absolute Gasteiger partial charge is 0.288 e. The molecule has 1 heterocycles. The average Bonchev–Trinajstić information content (AvgIpc) is 2.93. The molecule has 3 rings (SSSR count). The lowest BCUT2D eigenvalue weighted by atomic mass is 10.1. The molecule has 2 amide bonds. The number of hydrogen-bond donors (Lipinski definition) is 2. The number of imide groups is 1. The van der Waals surface area contributed by atoms with Gasteiger partial charge in [-0.25, -0.2) is 22.0 Å². The van der Waals surface area contributed by atoms with Gasteiger partial charge in [-0.1, -0.05) is 12.1 Å². The number of benzene rings is 2. The van der Waals surface area contributed by atoms with Gasteiger partial charge in [0.1, 0.15) is 0 Å². The van der Waals surface area contributed by atoms with Gasteiger partial charge in [-0.2, -0.15) is 4.31 Å². The fourth-order valence-corrected chi connectivity index (χ4v) is 4.72. The van der Waals surface area contributed by atoms with Crippen LogP contribution in [0.4, 0.5) is 0 Å². The number of carbonyl (C=O) groups is 2. The molecule has 1 unspecified atom stereocenters. The van der Waals surface area contributed by atoms with E-state index in [0.29, 0.717) is 5.56 Å². The van der Waals surface area contributed by atoms with E-state index in [4.69, 9.17) is 5.14 Å². The Morgan fingerprint density at radius 3 is 2.00 bits per heavy atom. The predicted octanol–water partition coefficient (Wildman–Crippen LogP) is 0.599. The summed E-state index contributed by atoms with van der Waals surface area (Å²) in [6.07, 6.45) is 0. The van der Waals surface area contributed by atoms with Crippen LogP contribution >= 0.6 is 0 Å². The van der Waals surface area contributed by atoms with Crippen molar-refractivity contribution in [2.75, 3.05) is 7.05 Å². The van der Waals surface area contributed by atoms with Gasteiger partial charge < -0.3 is 0 Å². The number of carbonyl (C=O) groups excluding carboxylic acids is 2. The molecule has 0 aromatic heterocycles. The highest BCUT2D eigenvalue weighted by Gasteiger charge is 2.31. The first-order chi connectivity index (χ1) is 12.9. The van der Waals surface area contributed by atoms with Crippen LogP contribution in [0.25, 0.3) is 0 Å². The summed E-state index contributed by atoms with van der Waals surface area (Å²) in [5.74, 6) is -1.22. The molecule has 11 heteroatoms. The SMILES string of the molecule is CC(c1ccc(S(N)(=O)=O)cc1)N(C)S(=O)(=O)c1ccc2c(c1)C(=O)NC2=O. The molecule has 0 fully saturated rings. The van der Waals surface area contributed by atoms with Gasteiger partial charge in [-0.15, -0.1) is 0 Å². The number of nitrogens with two attached hydrogens (primary N) is 1. The van der Waals surface area contributed by atoms with E-state index in [1.807, 2.05) is 0 Å². The van der Waals surface area contributed by atoms with Crippen LogP contribution in [-0.2, 0) is 20.0 Å². The molecule has 0 aliphatic carbocycles. The molecular weight excluding hydrogens is 406 g/mol. The molecular formula is C17H17N3O6S2. The van der Waals surface area contributed by atoms with Crippen molar-refractivity contribution in [3.63, 3.8) is 0 Å². The summed E-state index contributed by atoms with van der Waals surface area (Å²) in [7, 11) is -6.47. The zero-order chi connectivity index (χ0) is 20.9. The van der Waals surface area contributed by atoms with E-state index in [0.717, 1.165) is 10.4 Å². The molecule has 0 spiro atoms. The second-order valence-electron chi connectivity index (χ2n) is 6.30. The Labute approximate surface area is 162 Å². The van der Waals surface area contributed by atoms with E-state index in [1.54, 1.807) is 6.92 Å². The fraction of sp³-hybridized carbons (Fsp3) is 0.176. The Hall–Kier alpha value is -2.60. The van der Waals surface area contributed by atoms with E-state index in [1.165, 1.54) is 43.4 Å². The topological polar surface area (TPSA) is 144 Å². The minimum absolute atomic E-state index is 0.00429. The van der Waals surface area contributed by atoms with Crippen molar-refractivity contribution in [1.29, 1.82) is 0 Å². The number of nitrogens with zero attached hydrogens (tertiary/aromatic N) is 1. The zero-order valence-electron chi connectivity index (χ0n) is 14.9. The molecule has 0 bridgehead atoms. The number of amides is 2. The van der Waals surface area contributed by atoms with E-state index < -0.39 is 37.9 Å². The van der Waals surface area contributed by atoms with Crippen LogP contribution in [0.5, 0.6) is 0 Å². The summed E-state index contributed by atoms with van der Waals surface area (Å²) in [5, 5.41) is 7.17. The first kappa shape index (κ1) is 20.1.